The van der Waals surface area contributed by atoms with Gasteiger partial charge < -0.3 is 14.2 Å². The highest BCUT2D eigenvalue weighted by molar-refractivity contribution is 5.71. The smallest absolute Gasteiger partial charge is 0.306 e. The molecule has 6 heteroatoms. The predicted octanol–water partition coefficient (Wildman–Crippen LogP) is 17.7. The molecule has 372 valence electrons. The molecule has 1 atom stereocenters. The molecule has 0 amide bonds. The maximum Gasteiger partial charge on any atom is 0.306 e. The van der Waals surface area contributed by atoms with Crippen LogP contribution in [0.3, 0.4) is 0 Å². The molecule has 0 saturated carbocycles. The number of carbonyl (C=O) groups excluding carboxylic acids is 3. The van der Waals surface area contributed by atoms with Gasteiger partial charge in [-0.3, -0.25) is 14.4 Å². The summed E-state index contributed by atoms with van der Waals surface area (Å²) in [5.41, 5.74) is 0. The normalized spacial score (nSPS) is 13.1. The van der Waals surface area contributed by atoms with Gasteiger partial charge >= 0.3 is 17.9 Å². The van der Waals surface area contributed by atoms with E-state index < -0.39 is 6.10 Å². The Bertz CT molecular complexity index is 1420. The maximum absolute atomic E-state index is 12.8. The van der Waals surface area contributed by atoms with Crippen LogP contribution in [0.5, 0.6) is 0 Å². The summed E-state index contributed by atoms with van der Waals surface area (Å²) in [5.74, 6) is -0.975. The lowest BCUT2D eigenvalue weighted by atomic mass is 10.1. The Morgan fingerprint density at radius 2 is 0.591 bits per heavy atom. The van der Waals surface area contributed by atoms with Gasteiger partial charge in [0.25, 0.3) is 0 Å². The topological polar surface area (TPSA) is 78.9 Å². The van der Waals surface area contributed by atoms with E-state index in [2.05, 4.69) is 142 Å². The number of allylic oxidation sites excluding steroid dienone is 20. The molecule has 0 heterocycles. The Labute approximate surface area is 405 Å². The Morgan fingerprint density at radius 1 is 0.318 bits per heavy atom. The summed E-state index contributed by atoms with van der Waals surface area (Å²) in [6, 6.07) is 0. The molecule has 0 N–H and O–H groups in total. The van der Waals surface area contributed by atoms with Crippen LogP contribution < -0.4 is 0 Å². The number of rotatable bonds is 46. The fourth-order valence-corrected chi connectivity index (χ4v) is 6.79. The van der Waals surface area contributed by atoms with E-state index in [-0.39, 0.29) is 37.5 Å². The third-order valence-electron chi connectivity index (χ3n) is 10.7. The van der Waals surface area contributed by atoms with Crippen molar-refractivity contribution in [1.29, 1.82) is 0 Å². The highest BCUT2D eigenvalue weighted by atomic mass is 16.6. The van der Waals surface area contributed by atoms with Gasteiger partial charge in [0, 0.05) is 19.3 Å². The summed E-state index contributed by atoms with van der Waals surface area (Å²) in [4.78, 5) is 37.9. The van der Waals surface area contributed by atoms with Crippen molar-refractivity contribution in [2.75, 3.05) is 13.2 Å². The van der Waals surface area contributed by atoms with Gasteiger partial charge in [-0.2, -0.15) is 0 Å². The van der Waals surface area contributed by atoms with Gasteiger partial charge in [0.15, 0.2) is 6.10 Å². The van der Waals surface area contributed by atoms with Gasteiger partial charge in [-0.25, -0.2) is 0 Å². The van der Waals surface area contributed by atoms with Gasteiger partial charge in [-0.1, -0.05) is 213 Å². The highest BCUT2D eigenvalue weighted by Crippen LogP contribution is 2.13. The largest absolute Gasteiger partial charge is 0.462 e. The molecule has 0 rings (SSSR count). The summed E-state index contributed by atoms with van der Waals surface area (Å²) in [6.07, 6.45) is 73.3. The molecule has 0 saturated heterocycles. The van der Waals surface area contributed by atoms with Crippen molar-refractivity contribution in [2.45, 2.75) is 226 Å². The van der Waals surface area contributed by atoms with Crippen LogP contribution in [0.2, 0.25) is 0 Å². The van der Waals surface area contributed by atoms with E-state index in [9.17, 15) is 14.4 Å². The summed E-state index contributed by atoms with van der Waals surface area (Å²) >= 11 is 0. The molecule has 0 aromatic heterocycles. The standard InChI is InChI=1S/C60H96O6/c1-4-7-10-13-16-19-22-24-25-26-27-28-29-30-31-32-33-34-35-37-38-41-44-47-50-53-59(62)65-56-57(55-64-58(61)52-49-46-43-40-21-18-15-12-9-6-3)66-60(63)54-51-48-45-42-39-36-23-20-17-14-11-8-5-2/h7-8,10-11,16-17,19-20,24-25,27-28,30-31,33-34,36-39,57H,4-6,9,12-15,18,21-23,26,29,32,35,40-56H2,1-3H3/b10-7-,11-8-,19-16-,20-17-,25-24-,28-27-,31-30-,34-33-,38-37-,39-36-. The van der Waals surface area contributed by atoms with Crippen molar-refractivity contribution in [3.8, 4) is 0 Å². The molecule has 0 aliphatic rings. The average Bonchev–Trinajstić information content (AvgIpc) is 3.31. The zero-order valence-electron chi connectivity index (χ0n) is 42.4. The number of hydrogen-bond donors (Lipinski definition) is 0. The summed E-state index contributed by atoms with van der Waals surface area (Å²) in [5, 5.41) is 0. The Kier molecular flexibility index (Phi) is 50.0. The Balaban J connectivity index is 4.40. The zero-order valence-corrected chi connectivity index (χ0v) is 42.4. The van der Waals surface area contributed by atoms with E-state index in [4.69, 9.17) is 14.2 Å². The van der Waals surface area contributed by atoms with Crippen LogP contribution in [0.1, 0.15) is 220 Å². The van der Waals surface area contributed by atoms with Crippen LogP contribution in [0.15, 0.2) is 122 Å². The predicted molar refractivity (Wildman–Crippen MR) is 283 cm³/mol. The van der Waals surface area contributed by atoms with Gasteiger partial charge in [0.1, 0.15) is 13.2 Å². The second-order valence-corrected chi connectivity index (χ2v) is 17.0. The van der Waals surface area contributed by atoms with Gasteiger partial charge in [-0.15, -0.1) is 0 Å². The number of unbranched alkanes of at least 4 members (excludes halogenated alkanes) is 15. The van der Waals surface area contributed by atoms with Gasteiger partial charge in [-0.05, 0) is 109 Å². The lowest BCUT2D eigenvalue weighted by Gasteiger charge is -2.18. The average molecular weight is 913 g/mol. The highest BCUT2D eigenvalue weighted by Gasteiger charge is 2.19. The summed E-state index contributed by atoms with van der Waals surface area (Å²) in [6.45, 7) is 6.32. The monoisotopic (exact) mass is 913 g/mol. The van der Waals surface area contributed by atoms with E-state index >= 15 is 0 Å². The van der Waals surface area contributed by atoms with Crippen molar-refractivity contribution < 1.29 is 28.6 Å². The minimum Gasteiger partial charge on any atom is -0.462 e. The van der Waals surface area contributed by atoms with E-state index in [1.54, 1.807) is 0 Å². The van der Waals surface area contributed by atoms with Crippen molar-refractivity contribution in [1.82, 2.24) is 0 Å². The maximum atomic E-state index is 12.8. The van der Waals surface area contributed by atoms with E-state index in [1.165, 1.54) is 44.9 Å². The molecule has 0 fully saturated rings. The first kappa shape index (κ1) is 61.8. The quantitative estimate of drug-likeness (QED) is 0.0262. The molecule has 0 spiro atoms. The van der Waals surface area contributed by atoms with Crippen LogP contribution in [0.25, 0.3) is 0 Å². The van der Waals surface area contributed by atoms with Gasteiger partial charge in [0.2, 0.25) is 0 Å². The molecule has 1 unspecified atom stereocenters. The van der Waals surface area contributed by atoms with Crippen molar-refractivity contribution in [3.05, 3.63) is 122 Å². The first-order chi connectivity index (χ1) is 32.5. The first-order valence-corrected chi connectivity index (χ1v) is 26.5. The van der Waals surface area contributed by atoms with E-state index in [0.29, 0.717) is 12.8 Å². The molecular formula is C60H96O6. The van der Waals surface area contributed by atoms with Crippen LogP contribution in [0.4, 0.5) is 0 Å². The minimum absolute atomic E-state index is 0.103. The molecule has 66 heavy (non-hydrogen) atoms. The third kappa shape index (κ3) is 50.8. The fraction of sp³-hybridized carbons (Fsp3) is 0.617. The lowest BCUT2D eigenvalue weighted by Crippen LogP contribution is -2.30. The van der Waals surface area contributed by atoms with Crippen molar-refractivity contribution in [3.63, 3.8) is 0 Å². The minimum atomic E-state index is -0.808. The Morgan fingerprint density at radius 3 is 0.924 bits per heavy atom. The van der Waals surface area contributed by atoms with Crippen LogP contribution in [0, 0.1) is 0 Å². The molecule has 0 bridgehead atoms. The van der Waals surface area contributed by atoms with E-state index in [0.717, 1.165) is 135 Å². The molecule has 0 aliphatic heterocycles. The molecular weight excluding hydrogens is 817 g/mol. The van der Waals surface area contributed by atoms with E-state index in [1.807, 2.05) is 0 Å². The lowest BCUT2D eigenvalue weighted by molar-refractivity contribution is -0.167. The first-order valence-electron chi connectivity index (χ1n) is 26.5. The van der Waals surface area contributed by atoms with Crippen LogP contribution in [-0.2, 0) is 28.6 Å². The number of carbonyl (C=O) groups is 3. The van der Waals surface area contributed by atoms with Crippen LogP contribution >= 0.6 is 0 Å². The van der Waals surface area contributed by atoms with Crippen molar-refractivity contribution in [2.24, 2.45) is 0 Å². The summed E-state index contributed by atoms with van der Waals surface area (Å²) < 4.78 is 16.7. The number of hydrogen-bond acceptors (Lipinski definition) is 6. The second kappa shape index (κ2) is 53.4. The number of esters is 3. The van der Waals surface area contributed by atoms with Crippen LogP contribution in [-0.4, -0.2) is 37.2 Å². The SMILES string of the molecule is CC/C=C\C/C=C\C/C=C\C/C=C\C/C=C\C/C=C\C/C=C\CCCCCC(=O)OCC(COC(=O)CCCCCCCCCCCC)OC(=O)CCCCC/C=C\C/C=C\C/C=C\CC. The zero-order chi connectivity index (χ0) is 47.9. The molecule has 6 nitrogen and oxygen atoms in total. The molecule has 0 aromatic carbocycles. The Hall–Kier alpha value is -4.19. The van der Waals surface area contributed by atoms with Gasteiger partial charge in [0.05, 0.1) is 0 Å². The third-order valence-corrected chi connectivity index (χ3v) is 10.7. The molecule has 0 radical (unpaired) electrons. The molecule has 0 aliphatic carbocycles. The summed E-state index contributed by atoms with van der Waals surface area (Å²) in [7, 11) is 0. The fourth-order valence-electron chi connectivity index (χ4n) is 6.79. The van der Waals surface area contributed by atoms with Crippen molar-refractivity contribution >= 4 is 17.9 Å². The second-order valence-electron chi connectivity index (χ2n) is 17.0. The number of ether oxygens (including phenoxy) is 3. The molecule has 0 aromatic rings.